The molecule has 0 spiro atoms. The number of phenols is 2. The van der Waals surface area contributed by atoms with Crippen molar-refractivity contribution in [2.45, 2.75) is 19.6 Å². The van der Waals surface area contributed by atoms with Crippen molar-refractivity contribution in [3.63, 3.8) is 0 Å². The molecule has 4 aromatic rings. The molecule has 4 rings (SSSR count). The summed E-state index contributed by atoms with van der Waals surface area (Å²) in [5.74, 6) is 1.54. The topological polar surface area (TPSA) is 58.9 Å². The molecule has 0 aliphatic heterocycles. The van der Waals surface area contributed by atoms with Gasteiger partial charge in [-0.3, -0.25) is 0 Å². The van der Waals surface area contributed by atoms with Crippen LogP contribution in [-0.4, -0.2) is 10.2 Å². The Morgan fingerprint density at radius 3 is 1.35 bits per heavy atom. The molecule has 0 bridgehead atoms. The number of rotatable bonds is 8. The Bertz CT molecular complexity index is 1030. The summed E-state index contributed by atoms with van der Waals surface area (Å²) in [6.07, 6.45) is 0.537. The summed E-state index contributed by atoms with van der Waals surface area (Å²) in [4.78, 5) is 0. The lowest BCUT2D eigenvalue weighted by Gasteiger charge is -2.15. The van der Waals surface area contributed by atoms with Gasteiger partial charge in [0.25, 0.3) is 0 Å². The molecule has 0 fully saturated rings. The van der Waals surface area contributed by atoms with Crippen molar-refractivity contribution in [2.24, 2.45) is 0 Å². The van der Waals surface area contributed by atoms with E-state index in [1.165, 1.54) is 0 Å². The molecule has 4 nitrogen and oxygen atoms in total. The fourth-order valence-corrected chi connectivity index (χ4v) is 3.32. The molecular weight excluding hydrogens is 388 g/mol. The molecule has 0 unspecified atom stereocenters. The number of benzene rings is 4. The van der Waals surface area contributed by atoms with Gasteiger partial charge in [0.1, 0.15) is 36.2 Å². The Hall–Kier alpha value is -3.92. The zero-order chi connectivity index (χ0) is 21.5. The van der Waals surface area contributed by atoms with Gasteiger partial charge in [-0.25, -0.2) is 0 Å². The van der Waals surface area contributed by atoms with Crippen molar-refractivity contribution >= 4 is 0 Å². The minimum Gasteiger partial charge on any atom is -0.508 e. The minimum atomic E-state index is 0.151. The van der Waals surface area contributed by atoms with Crippen LogP contribution in [0, 0.1) is 0 Å². The molecule has 4 heteroatoms. The Morgan fingerprint density at radius 1 is 0.516 bits per heavy atom. The van der Waals surface area contributed by atoms with Gasteiger partial charge < -0.3 is 19.7 Å². The van der Waals surface area contributed by atoms with Crippen LogP contribution in [0.5, 0.6) is 23.0 Å². The van der Waals surface area contributed by atoms with Gasteiger partial charge in [-0.1, -0.05) is 72.8 Å². The van der Waals surface area contributed by atoms with E-state index in [9.17, 15) is 10.2 Å². The third-order valence-electron chi connectivity index (χ3n) is 4.96. The fourth-order valence-electron chi connectivity index (χ4n) is 3.32. The molecule has 0 radical (unpaired) electrons. The van der Waals surface area contributed by atoms with Crippen molar-refractivity contribution in [3.8, 4) is 23.0 Å². The van der Waals surface area contributed by atoms with Gasteiger partial charge in [-0.05, 0) is 34.4 Å². The second-order valence-corrected chi connectivity index (χ2v) is 7.31. The van der Waals surface area contributed by atoms with Crippen LogP contribution in [0.25, 0.3) is 0 Å². The van der Waals surface area contributed by atoms with E-state index in [2.05, 4.69) is 0 Å². The van der Waals surface area contributed by atoms with Crippen molar-refractivity contribution in [3.05, 3.63) is 119 Å². The predicted molar refractivity (Wildman–Crippen MR) is 121 cm³/mol. The van der Waals surface area contributed by atoms with Crippen molar-refractivity contribution in [1.29, 1.82) is 0 Å². The molecule has 0 aromatic heterocycles. The lowest BCUT2D eigenvalue weighted by atomic mass is 10.0. The molecule has 0 aliphatic carbocycles. The molecule has 4 aromatic carbocycles. The molecular formula is C27H24O4. The van der Waals surface area contributed by atoms with Gasteiger partial charge in [0.15, 0.2) is 0 Å². The monoisotopic (exact) mass is 412 g/mol. The summed E-state index contributed by atoms with van der Waals surface area (Å²) in [7, 11) is 0. The molecule has 0 aliphatic rings. The van der Waals surface area contributed by atoms with E-state index < -0.39 is 0 Å². The Balaban J connectivity index is 1.54. The summed E-state index contributed by atoms with van der Waals surface area (Å²) < 4.78 is 12.0. The van der Waals surface area contributed by atoms with Crippen LogP contribution in [0.1, 0.15) is 22.3 Å². The van der Waals surface area contributed by atoms with Gasteiger partial charge in [-0.15, -0.1) is 0 Å². The summed E-state index contributed by atoms with van der Waals surface area (Å²) in [5.41, 5.74) is 3.94. The maximum Gasteiger partial charge on any atom is 0.127 e. The highest BCUT2D eigenvalue weighted by Gasteiger charge is 2.12. The second-order valence-electron chi connectivity index (χ2n) is 7.31. The van der Waals surface area contributed by atoms with Crippen molar-refractivity contribution < 1.29 is 19.7 Å². The van der Waals surface area contributed by atoms with Gasteiger partial charge in [0.05, 0.1) is 0 Å². The predicted octanol–water partition coefficient (Wildman–Crippen LogP) is 5.85. The lowest BCUT2D eigenvalue weighted by molar-refractivity contribution is 0.298. The van der Waals surface area contributed by atoms with Gasteiger partial charge >= 0.3 is 0 Å². The first-order valence-corrected chi connectivity index (χ1v) is 10.1. The summed E-state index contributed by atoms with van der Waals surface area (Å²) in [6.45, 7) is 0.814. The van der Waals surface area contributed by atoms with E-state index in [0.717, 1.165) is 22.3 Å². The van der Waals surface area contributed by atoms with Crippen LogP contribution in [0.2, 0.25) is 0 Å². The first-order chi connectivity index (χ1) is 15.2. The molecule has 0 saturated heterocycles. The standard InChI is InChI=1S/C27H24O4/c28-24-13-11-22(26(16-24)30-18-20-7-3-1-4-8-20)15-23-12-14-25(29)17-27(23)31-19-21-9-5-2-6-10-21/h1-14,16-17,28-29H,15,18-19H2. The van der Waals surface area contributed by atoms with Crippen LogP contribution in [0.15, 0.2) is 97.1 Å². The van der Waals surface area contributed by atoms with E-state index >= 15 is 0 Å². The van der Waals surface area contributed by atoms with E-state index in [1.54, 1.807) is 24.3 Å². The number of aromatic hydroxyl groups is 2. The lowest BCUT2D eigenvalue weighted by Crippen LogP contribution is -2.02. The number of phenolic OH excluding ortho intramolecular Hbond substituents is 2. The molecule has 31 heavy (non-hydrogen) atoms. The molecule has 0 saturated carbocycles. The van der Waals surface area contributed by atoms with E-state index in [4.69, 9.17) is 9.47 Å². The van der Waals surface area contributed by atoms with Crippen molar-refractivity contribution in [2.75, 3.05) is 0 Å². The Labute approximate surface area is 182 Å². The first kappa shape index (κ1) is 20.4. The van der Waals surface area contributed by atoms with Gasteiger partial charge in [0, 0.05) is 18.6 Å². The molecule has 156 valence electrons. The van der Waals surface area contributed by atoms with Crippen LogP contribution in [0.3, 0.4) is 0 Å². The average molecular weight is 412 g/mol. The van der Waals surface area contributed by atoms with E-state index in [-0.39, 0.29) is 11.5 Å². The summed E-state index contributed by atoms with van der Waals surface area (Å²) in [6, 6.07) is 30.0. The van der Waals surface area contributed by atoms with Crippen LogP contribution in [0.4, 0.5) is 0 Å². The van der Waals surface area contributed by atoms with Crippen LogP contribution >= 0.6 is 0 Å². The minimum absolute atomic E-state index is 0.151. The fraction of sp³-hybridized carbons (Fsp3) is 0.111. The van der Waals surface area contributed by atoms with Crippen molar-refractivity contribution in [1.82, 2.24) is 0 Å². The normalized spacial score (nSPS) is 10.6. The number of hydrogen-bond acceptors (Lipinski definition) is 4. The van der Waals surface area contributed by atoms with Gasteiger partial charge in [0.2, 0.25) is 0 Å². The smallest absolute Gasteiger partial charge is 0.127 e. The average Bonchev–Trinajstić information content (AvgIpc) is 2.80. The second kappa shape index (κ2) is 9.72. The zero-order valence-corrected chi connectivity index (χ0v) is 17.1. The third-order valence-corrected chi connectivity index (χ3v) is 4.96. The summed E-state index contributed by atoms with van der Waals surface area (Å²) in [5, 5.41) is 19.9. The first-order valence-electron chi connectivity index (χ1n) is 10.1. The van der Waals surface area contributed by atoms with E-state index in [0.29, 0.717) is 31.1 Å². The zero-order valence-electron chi connectivity index (χ0n) is 17.1. The maximum atomic E-state index is 9.96. The van der Waals surface area contributed by atoms with Crippen LogP contribution < -0.4 is 9.47 Å². The highest BCUT2D eigenvalue weighted by molar-refractivity contribution is 5.47. The largest absolute Gasteiger partial charge is 0.508 e. The quantitative estimate of drug-likeness (QED) is 0.381. The molecule has 0 atom stereocenters. The third kappa shape index (κ3) is 5.58. The van der Waals surface area contributed by atoms with Crippen LogP contribution in [-0.2, 0) is 19.6 Å². The highest BCUT2D eigenvalue weighted by atomic mass is 16.5. The Morgan fingerprint density at radius 2 is 0.935 bits per heavy atom. The van der Waals surface area contributed by atoms with E-state index in [1.807, 2.05) is 72.8 Å². The number of ether oxygens (including phenoxy) is 2. The molecule has 0 amide bonds. The highest BCUT2D eigenvalue weighted by Crippen LogP contribution is 2.32. The summed E-state index contributed by atoms with van der Waals surface area (Å²) >= 11 is 0. The Kier molecular flexibility index (Phi) is 6.38. The SMILES string of the molecule is Oc1ccc(Cc2ccc(O)cc2OCc2ccccc2)c(OCc2ccccc2)c1. The van der Waals surface area contributed by atoms with Gasteiger partial charge in [-0.2, -0.15) is 0 Å². The maximum absolute atomic E-state index is 9.96. The molecule has 0 heterocycles. The number of hydrogen-bond donors (Lipinski definition) is 2. The molecule has 2 N–H and O–H groups in total.